The molecule has 1 aromatic carbocycles. The Hall–Kier alpha value is -2.66. The number of nitrogens with one attached hydrogen (secondary N) is 3. The lowest BCUT2D eigenvalue weighted by Gasteiger charge is -2.42. The molecule has 1 aliphatic heterocycles. The number of ether oxygens (including phenoxy) is 1. The number of benzene rings is 1. The highest BCUT2D eigenvalue weighted by molar-refractivity contribution is 7.09. The number of nitrogens with zero attached hydrogens (tertiary/aromatic N) is 2. The van der Waals surface area contributed by atoms with Crippen molar-refractivity contribution in [1.82, 2.24) is 25.8 Å². The number of carbonyl (C=O) groups excluding carboxylic acids is 3. The first-order valence-corrected chi connectivity index (χ1v) is 17.7. The van der Waals surface area contributed by atoms with Crippen LogP contribution < -0.4 is 20.7 Å². The van der Waals surface area contributed by atoms with Crippen molar-refractivity contribution < 1.29 is 19.1 Å². The van der Waals surface area contributed by atoms with Crippen LogP contribution in [0, 0.1) is 13.8 Å². The number of hydrogen-bond acceptors (Lipinski definition) is 7. The van der Waals surface area contributed by atoms with E-state index < -0.39 is 12.1 Å². The number of carbonyl (C=O) groups is 3. The Kier molecular flexibility index (Phi) is 13.5. The molecule has 2 fully saturated rings. The number of hydrogen-bond donors (Lipinski definition) is 3. The van der Waals surface area contributed by atoms with E-state index in [2.05, 4.69) is 29.8 Å². The monoisotopic (exact) mass is 659 g/mol. The molecule has 3 amide bonds. The Balaban J connectivity index is 1.49. The summed E-state index contributed by atoms with van der Waals surface area (Å²) in [4.78, 5) is 45.6. The quantitative estimate of drug-likeness (QED) is 0.235. The van der Waals surface area contributed by atoms with Crippen LogP contribution in [0.3, 0.4) is 0 Å². The summed E-state index contributed by atoms with van der Waals surface area (Å²) in [6.07, 6.45) is 7.66. The highest BCUT2D eigenvalue weighted by Gasteiger charge is 2.40. The lowest BCUT2D eigenvalue weighted by molar-refractivity contribution is -0.145. The van der Waals surface area contributed by atoms with Crippen molar-refractivity contribution in [3.05, 3.63) is 50.7 Å². The Morgan fingerprint density at radius 2 is 1.84 bits per heavy atom. The maximum absolute atomic E-state index is 14.3. The summed E-state index contributed by atoms with van der Waals surface area (Å²) in [6.45, 7) is 9.90. The average Bonchev–Trinajstić information content (AvgIpc) is 3.57. The summed E-state index contributed by atoms with van der Waals surface area (Å²) in [5.41, 5.74) is 1.85. The van der Waals surface area contributed by atoms with Crippen molar-refractivity contribution in [1.29, 1.82) is 0 Å². The maximum Gasteiger partial charge on any atom is 0.415 e. The minimum atomic E-state index is -0.841. The fourth-order valence-electron chi connectivity index (χ4n) is 6.03. The molecule has 45 heavy (non-hydrogen) atoms. The molecule has 0 unspecified atom stereocenters. The SMILES string of the molecule is Cc1ccc(OC(=O)N2CCN(C(=O)[C@@H](CCCCNC(C)C)NC3CCCCC3)[C@H](C(=O)NCc3cccs3)C2)c(Cl)c1C. The highest BCUT2D eigenvalue weighted by atomic mass is 35.5. The van der Waals surface area contributed by atoms with Crippen LogP contribution in [0.2, 0.25) is 5.02 Å². The van der Waals surface area contributed by atoms with Crippen LogP contribution >= 0.6 is 22.9 Å². The van der Waals surface area contributed by atoms with Crippen LogP contribution in [0.4, 0.5) is 4.79 Å². The van der Waals surface area contributed by atoms with E-state index in [9.17, 15) is 14.4 Å². The number of rotatable bonds is 13. The van der Waals surface area contributed by atoms with E-state index in [-0.39, 0.29) is 43.2 Å². The molecule has 1 saturated carbocycles. The van der Waals surface area contributed by atoms with E-state index in [4.69, 9.17) is 16.3 Å². The molecule has 1 aromatic heterocycles. The first-order valence-electron chi connectivity index (χ1n) is 16.5. The smallest absolute Gasteiger partial charge is 0.409 e. The summed E-state index contributed by atoms with van der Waals surface area (Å²) in [5, 5.41) is 12.5. The Labute approximate surface area is 277 Å². The molecule has 4 rings (SSSR count). The van der Waals surface area contributed by atoms with Gasteiger partial charge in [0, 0.05) is 30.1 Å². The van der Waals surface area contributed by atoms with Gasteiger partial charge in [-0.3, -0.25) is 9.59 Å². The minimum absolute atomic E-state index is 0.0395. The van der Waals surface area contributed by atoms with Gasteiger partial charge in [0.15, 0.2) is 5.75 Å². The molecule has 2 aliphatic rings. The lowest BCUT2D eigenvalue weighted by atomic mass is 9.94. The lowest BCUT2D eigenvalue weighted by Crippen LogP contribution is -2.64. The summed E-state index contributed by atoms with van der Waals surface area (Å²) < 4.78 is 5.71. The van der Waals surface area contributed by atoms with Gasteiger partial charge in [-0.2, -0.15) is 0 Å². The first kappa shape index (κ1) is 35.2. The van der Waals surface area contributed by atoms with Gasteiger partial charge in [0.05, 0.1) is 24.2 Å². The van der Waals surface area contributed by atoms with Gasteiger partial charge in [0.1, 0.15) is 6.04 Å². The van der Waals surface area contributed by atoms with Crippen LogP contribution in [0.5, 0.6) is 5.75 Å². The fourth-order valence-corrected chi connectivity index (χ4v) is 6.93. The van der Waals surface area contributed by atoms with Crippen LogP contribution in [0.25, 0.3) is 0 Å². The van der Waals surface area contributed by atoms with Crippen LogP contribution in [0.15, 0.2) is 29.6 Å². The first-order chi connectivity index (χ1) is 21.6. The fraction of sp³-hybridized carbons (Fsp3) is 0.618. The Bertz CT molecular complexity index is 1270. The molecule has 1 aliphatic carbocycles. The molecule has 0 spiro atoms. The van der Waals surface area contributed by atoms with Crippen LogP contribution in [0.1, 0.15) is 81.2 Å². The predicted octanol–water partition coefficient (Wildman–Crippen LogP) is 5.81. The number of thiophene rings is 1. The van der Waals surface area contributed by atoms with Crippen molar-refractivity contribution in [3.8, 4) is 5.75 Å². The van der Waals surface area contributed by atoms with Crippen molar-refractivity contribution >= 4 is 40.8 Å². The van der Waals surface area contributed by atoms with Crippen molar-refractivity contribution in [3.63, 3.8) is 0 Å². The minimum Gasteiger partial charge on any atom is -0.409 e. The largest absolute Gasteiger partial charge is 0.415 e. The topological polar surface area (TPSA) is 103 Å². The van der Waals surface area contributed by atoms with Crippen LogP contribution in [-0.4, -0.2) is 78.1 Å². The zero-order valence-electron chi connectivity index (χ0n) is 27.2. The van der Waals surface area contributed by atoms with Gasteiger partial charge >= 0.3 is 6.09 Å². The van der Waals surface area contributed by atoms with Crippen molar-refractivity contribution in [2.24, 2.45) is 0 Å². The molecule has 2 atom stereocenters. The normalized spacial score (nSPS) is 18.2. The number of aryl methyl sites for hydroxylation is 1. The van der Waals surface area contributed by atoms with Gasteiger partial charge in [-0.15, -0.1) is 11.3 Å². The van der Waals surface area contributed by atoms with Crippen molar-refractivity contribution in [2.75, 3.05) is 26.2 Å². The van der Waals surface area contributed by atoms with Crippen molar-refractivity contribution in [2.45, 2.75) is 110 Å². The summed E-state index contributed by atoms with van der Waals surface area (Å²) in [6, 6.07) is 6.95. The molecule has 11 heteroatoms. The van der Waals surface area contributed by atoms with Gasteiger partial charge in [-0.05, 0) is 74.7 Å². The van der Waals surface area contributed by atoms with Gasteiger partial charge < -0.3 is 30.5 Å². The summed E-state index contributed by atoms with van der Waals surface area (Å²) in [7, 11) is 0. The molecule has 9 nitrogen and oxygen atoms in total. The van der Waals surface area contributed by atoms with Crippen LogP contribution in [-0.2, 0) is 16.1 Å². The standard InChI is InChI=1S/C34H50ClN5O4S/c1-23(2)36-17-9-8-14-28(38-26-11-6-5-7-12-26)33(42)40-19-18-39(22-29(40)32(41)37-21-27-13-10-20-45-27)34(43)44-30-16-15-24(3)25(4)31(30)35/h10,13,15-16,20,23,26,28-29,36,38H,5-9,11-12,14,17-19,21-22H2,1-4H3,(H,37,41)/t28-,29+/m1/s1. The summed E-state index contributed by atoms with van der Waals surface area (Å²) >= 11 is 8.04. The third kappa shape index (κ3) is 10.2. The third-order valence-electron chi connectivity index (χ3n) is 8.87. The number of amides is 3. The molecule has 3 N–H and O–H groups in total. The van der Waals surface area contributed by atoms with Gasteiger partial charge in [0.25, 0.3) is 0 Å². The second-order valence-corrected chi connectivity index (χ2v) is 14.0. The maximum atomic E-state index is 14.3. The van der Waals surface area contributed by atoms with E-state index in [1.807, 2.05) is 37.4 Å². The molecule has 2 aromatic rings. The van der Waals surface area contributed by atoms with E-state index in [0.29, 0.717) is 30.1 Å². The molecule has 2 heterocycles. The molecule has 0 bridgehead atoms. The predicted molar refractivity (Wildman–Crippen MR) is 181 cm³/mol. The van der Waals surface area contributed by atoms with E-state index in [1.54, 1.807) is 22.3 Å². The van der Waals surface area contributed by atoms with Gasteiger partial charge in [0.2, 0.25) is 11.8 Å². The molecule has 1 saturated heterocycles. The van der Waals surface area contributed by atoms with E-state index in [0.717, 1.165) is 61.1 Å². The second-order valence-electron chi connectivity index (χ2n) is 12.6. The second kappa shape index (κ2) is 17.3. The zero-order valence-corrected chi connectivity index (χ0v) is 28.8. The highest BCUT2D eigenvalue weighted by Crippen LogP contribution is 2.30. The van der Waals surface area contributed by atoms with E-state index >= 15 is 0 Å². The average molecular weight is 660 g/mol. The molecular formula is C34H50ClN5O4S. The van der Waals surface area contributed by atoms with Gasteiger partial charge in [-0.1, -0.05) is 63.3 Å². The molecule has 0 radical (unpaired) electrons. The number of halogens is 1. The Morgan fingerprint density at radius 3 is 2.56 bits per heavy atom. The van der Waals surface area contributed by atoms with Gasteiger partial charge in [-0.25, -0.2) is 4.79 Å². The zero-order chi connectivity index (χ0) is 32.3. The third-order valence-corrected chi connectivity index (χ3v) is 10.2. The number of piperazine rings is 1. The summed E-state index contributed by atoms with van der Waals surface area (Å²) in [5.74, 6) is -0.0689. The number of unbranched alkanes of at least 4 members (excludes halogenated alkanes) is 1. The Morgan fingerprint density at radius 1 is 1.07 bits per heavy atom. The van der Waals surface area contributed by atoms with E-state index in [1.165, 1.54) is 11.3 Å². The molecular weight excluding hydrogens is 610 g/mol. The molecule has 248 valence electrons.